The molecule has 1 radical (unpaired) electrons. The van der Waals surface area contributed by atoms with E-state index in [2.05, 4.69) is 10.3 Å². The average Bonchev–Trinajstić information content (AvgIpc) is 2.83. The summed E-state index contributed by atoms with van der Waals surface area (Å²) in [6.45, 7) is 0. The smallest absolute Gasteiger partial charge is 0.131 e. The highest BCUT2D eigenvalue weighted by molar-refractivity contribution is 5.87. The average molecular weight is 233 g/mol. The van der Waals surface area contributed by atoms with Gasteiger partial charge in [0.1, 0.15) is 5.84 Å². The molecule has 0 aromatic heterocycles. The van der Waals surface area contributed by atoms with Gasteiger partial charge in [0, 0.05) is 18.3 Å². The number of rotatable bonds is 1. The summed E-state index contributed by atoms with van der Waals surface area (Å²) < 4.78 is 0. The fourth-order valence-electron chi connectivity index (χ4n) is 2.88. The predicted octanol–water partition coefficient (Wildman–Crippen LogP) is 4.40. The molecule has 1 aliphatic carbocycles. The lowest BCUT2D eigenvalue weighted by Crippen LogP contribution is -2.20. The number of nitrogens with zero attached hydrogens (tertiary/aromatic N) is 2. The van der Waals surface area contributed by atoms with Crippen LogP contribution >= 0.6 is 0 Å². The second kappa shape index (κ2) is 7.52. The van der Waals surface area contributed by atoms with E-state index in [-0.39, 0.29) is 0 Å². The van der Waals surface area contributed by atoms with Gasteiger partial charge in [-0.25, -0.2) is 10.3 Å². The van der Waals surface area contributed by atoms with Crippen molar-refractivity contribution >= 4 is 5.84 Å². The predicted molar refractivity (Wildman–Crippen MR) is 73.0 cm³/mol. The highest BCUT2D eigenvalue weighted by Gasteiger charge is 2.17. The summed E-state index contributed by atoms with van der Waals surface area (Å²) in [6.07, 6.45) is 19.0. The highest BCUT2D eigenvalue weighted by Crippen LogP contribution is 2.22. The van der Waals surface area contributed by atoms with Gasteiger partial charge in [0.05, 0.1) is 0 Å². The fraction of sp³-hybridized carbons (Fsp3) is 0.800. The summed E-state index contributed by atoms with van der Waals surface area (Å²) >= 11 is 0. The molecule has 0 bridgehead atoms. The lowest BCUT2D eigenvalue weighted by Gasteiger charge is -2.17. The summed E-state index contributed by atoms with van der Waals surface area (Å²) in [6, 6.07) is 0. The summed E-state index contributed by atoms with van der Waals surface area (Å²) in [5.41, 5.74) is 0. The quantitative estimate of drug-likeness (QED) is 0.642. The minimum absolute atomic E-state index is 0.629. The van der Waals surface area contributed by atoms with Gasteiger partial charge in [-0.2, -0.15) is 0 Å². The molecule has 0 aromatic rings. The van der Waals surface area contributed by atoms with Gasteiger partial charge in [0.25, 0.3) is 0 Å². The van der Waals surface area contributed by atoms with Gasteiger partial charge in [0.15, 0.2) is 0 Å². The lowest BCUT2D eigenvalue weighted by atomic mass is 9.92. The second-order valence-corrected chi connectivity index (χ2v) is 5.37. The Morgan fingerprint density at radius 1 is 0.706 bits per heavy atom. The minimum atomic E-state index is 0.629. The SMILES string of the molecule is C1=CN=C(C2CCCCCCCCCCC2)[N]1. The second-order valence-electron chi connectivity index (χ2n) is 5.37. The van der Waals surface area contributed by atoms with Crippen LogP contribution in [0.5, 0.6) is 0 Å². The van der Waals surface area contributed by atoms with Crippen LogP contribution < -0.4 is 5.32 Å². The minimum Gasteiger partial charge on any atom is -0.240 e. The molecule has 1 saturated carbocycles. The summed E-state index contributed by atoms with van der Waals surface area (Å²) in [4.78, 5) is 4.40. The Balaban J connectivity index is 1.80. The highest BCUT2D eigenvalue weighted by atomic mass is 15.0. The van der Waals surface area contributed by atoms with E-state index in [4.69, 9.17) is 0 Å². The van der Waals surface area contributed by atoms with E-state index < -0.39 is 0 Å². The molecule has 2 heteroatoms. The molecule has 1 heterocycles. The largest absolute Gasteiger partial charge is 0.240 e. The molecule has 2 rings (SSSR count). The molecular formula is C15H25N2. The van der Waals surface area contributed by atoms with E-state index in [1.54, 1.807) is 0 Å². The normalized spacial score (nSPS) is 24.6. The van der Waals surface area contributed by atoms with E-state index >= 15 is 0 Å². The zero-order valence-electron chi connectivity index (χ0n) is 10.9. The van der Waals surface area contributed by atoms with E-state index in [1.807, 2.05) is 12.4 Å². The third kappa shape index (κ3) is 4.53. The maximum atomic E-state index is 4.40. The number of hydrogen-bond acceptors (Lipinski definition) is 1. The van der Waals surface area contributed by atoms with Crippen LogP contribution in [0, 0.1) is 5.92 Å². The lowest BCUT2D eigenvalue weighted by molar-refractivity contribution is 0.461. The van der Waals surface area contributed by atoms with Crippen LogP contribution in [0.25, 0.3) is 0 Å². The molecule has 2 nitrogen and oxygen atoms in total. The topological polar surface area (TPSA) is 26.5 Å². The Morgan fingerprint density at radius 3 is 1.71 bits per heavy atom. The maximum Gasteiger partial charge on any atom is 0.131 e. The maximum absolute atomic E-state index is 4.40. The molecule has 0 saturated heterocycles. The van der Waals surface area contributed by atoms with Gasteiger partial charge in [0.2, 0.25) is 0 Å². The zero-order chi connectivity index (χ0) is 11.8. The molecular weight excluding hydrogens is 208 g/mol. The van der Waals surface area contributed by atoms with Gasteiger partial charge < -0.3 is 0 Å². The molecule has 1 aliphatic heterocycles. The van der Waals surface area contributed by atoms with Crippen LogP contribution in [0.3, 0.4) is 0 Å². The molecule has 2 aliphatic rings. The Morgan fingerprint density at radius 2 is 1.24 bits per heavy atom. The van der Waals surface area contributed by atoms with Crippen LogP contribution in [-0.4, -0.2) is 5.84 Å². The van der Waals surface area contributed by atoms with Crippen molar-refractivity contribution in [3.8, 4) is 0 Å². The molecule has 0 unspecified atom stereocenters. The van der Waals surface area contributed by atoms with Crippen molar-refractivity contribution in [2.24, 2.45) is 10.9 Å². The summed E-state index contributed by atoms with van der Waals surface area (Å²) in [5, 5.41) is 4.40. The van der Waals surface area contributed by atoms with E-state index in [0.717, 1.165) is 5.84 Å². The van der Waals surface area contributed by atoms with Crippen molar-refractivity contribution in [1.29, 1.82) is 0 Å². The fourth-order valence-corrected chi connectivity index (χ4v) is 2.88. The van der Waals surface area contributed by atoms with Crippen molar-refractivity contribution in [3.63, 3.8) is 0 Å². The van der Waals surface area contributed by atoms with Gasteiger partial charge in [-0.05, 0) is 12.8 Å². The first-order valence-electron chi connectivity index (χ1n) is 7.40. The Bertz CT molecular complexity index is 256. The Kier molecular flexibility index (Phi) is 5.60. The van der Waals surface area contributed by atoms with Gasteiger partial charge in [-0.15, -0.1) is 0 Å². The number of aliphatic imine (C=N–C) groups is 1. The van der Waals surface area contributed by atoms with E-state index in [9.17, 15) is 0 Å². The van der Waals surface area contributed by atoms with Crippen LogP contribution in [0.15, 0.2) is 17.4 Å². The van der Waals surface area contributed by atoms with Gasteiger partial charge in [-0.1, -0.05) is 57.8 Å². The summed E-state index contributed by atoms with van der Waals surface area (Å²) in [5.74, 6) is 1.73. The molecule has 0 atom stereocenters. The standard InChI is InChI=1S/C15H25N2/c1-2-4-6-8-10-14(11-9-7-5-3-1)15-16-12-13-17-15/h12-14H,1-11H2. The van der Waals surface area contributed by atoms with Crippen LogP contribution in [0.1, 0.15) is 70.6 Å². The monoisotopic (exact) mass is 233 g/mol. The van der Waals surface area contributed by atoms with Crippen LogP contribution in [0.4, 0.5) is 0 Å². The molecule has 1 fully saturated rings. The zero-order valence-corrected chi connectivity index (χ0v) is 10.9. The molecule has 0 aromatic carbocycles. The molecule has 0 N–H and O–H groups in total. The third-order valence-corrected chi connectivity index (χ3v) is 3.95. The van der Waals surface area contributed by atoms with Crippen LogP contribution in [0.2, 0.25) is 0 Å². The molecule has 95 valence electrons. The Hall–Kier alpha value is -0.790. The Labute approximate surface area is 106 Å². The van der Waals surface area contributed by atoms with Crippen molar-refractivity contribution in [2.75, 3.05) is 0 Å². The number of amidine groups is 1. The van der Waals surface area contributed by atoms with E-state index in [1.165, 1.54) is 70.6 Å². The summed E-state index contributed by atoms with van der Waals surface area (Å²) in [7, 11) is 0. The molecule has 17 heavy (non-hydrogen) atoms. The van der Waals surface area contributed by atoms with Crippen LogP contribution in [-0.2, 0) is 0 Å². The first-order chi connectivity index (χ1) is 8.47. The van der Waals surface area contributed by atoms with E-state index in [0.29, 0.717) is 5.92 Å². The van der Waals surface area contributed by atoms with Crippen molar-refractivity contribution in [3.05, 3.63) is 12.4 Å². The molecule has 0 spiro atoms. The van der Waals surface area contributed by atoms with Crippen molar-refractivity contribution < 1.29 is 0 Å². The first-order valence-corrected chi connectivity index (χ1v) is 7.40. The van der Waals surface area contributed by atoms with Gasteiger partial charge in [-0.3, -0.25) is 0 Å². The first kappa shape index (κ1) is 12.7. The third-order valence-electron chi connectivity index (χ3n) is 3.95. The molecule has 0 amide bonds. The van der Waals surface area contributed by atoms with Gasteiger partial charge >= 0.3 is 0 Å². The van der Waals surface area contributed by atoms with Crippen molar-refractivity contribution in [1.82, 2.24) is 5.32 Å². The van der Waals surface area contributed by atoms with Crippen molar-refractivity contribution in [2.45, 2.75) is 70.6 Å². The number of hydrogen-bond donors (Lipinski definition) is 0.